The molecule has 0 bridgehead atoms. The Bertz CT molecular complexity index is 511. The summed E-state index contributed by atoms with van der Waals surface area (Å²) in [6.07, 6.45) is 1.05. The van der Waals surface area contributed by atoms with Gasteiger partial charge < -0.3 is 4.98 Å². The summed E-state index contributed by atoms with van der Waals surface area (Å²) in [6, 6.07) is 8.74. The number of rotatable bonds is 2. The normalized spacial score (nSPS) is 10.8. The van der Waals surface area contributed by atoms with Gasteiger partial charge in [0, 0.05) is 11.3 Å². The molecule has 0 unspecified atom stereocenters. The molecule has 1 nitrogen and oxygen atoms in total. The Morgan fingerprint density at radius 3 is 2.62 bits per heavy atom. The van der Waals surface area contributed by atoms with Crippen LogP contribution in [0.1, 0.15) is 23.6 Å². The lowest BCUT2D eigenvalue weighted by Crippen LogP contribution is -1.89. The molecular formula is C14H16BrN. The fourth-order valence-electron chi connectivity index (χ4n) is 1.99. The molecule has 0 atom stereocenters. The molecule has 1 N–H and O–H groups in total. The number of nitrogens with one attached hydrogen (secondary N) is 1. The van der Waals surface area contributed by atoms with Crippen LogP contribution in [0.15, 0.2) is 28.9 Å². The Labute approximate surface area is 105 Å². The van der Waals surface area contributed by atoms with Crippen LogP contribution in [0.25, 0.3) is 11.3 Å². The molecule has 1 heterocycles. The fraction of sp³-hybridized carbons (Fsp3) is 0.286. The average Bonchev–Trinajstić information content (AvgIpc) is 2.63. The third kappa shape index (κ3) is 2.07. The second-order valence-electron chi connectivity index (χ2n) is 4.19. The van der Waals surface area contributed by atoms with Crippen LogP contribution in [-0.4, -0.2) is 4.98 Å². The van der Waals surface area contributed by atoms with Crippen molar-refractivity contribution in [2.75, 3.05) is 0 Å². The molecule has 0 aliphatic heterocycles. The highest BCUT2D eigenvalue weighted by molar-refractivity contribution is 9.10. The largest absolute Gasteiger partial charge is 0.349 e. The highest BCUT2D eigenvalue weighted by atomic mass is 79.9. The number of aryl methyl sites for hydroxylation is 3. The van der Waals surface area contributed by atoms with Crippen molar-refractivity contribution in [2.24, 2.45) is 0 Å². The fourth-order valence-corrected chi connectivity index (χ4v) is 2.46. The second kappa shape index (κ2) is 4.46. The monoisotopic (exact) mass is 277 g/mol. The van der Waals surface area contributed by atoms with E-state index in [2.05, 4.69) is 66.0 Å². The van der Waals surface area contributed by atoms with Crippen molar-refractivity contribution in [2.45, 2.75) is 27.2 Å². The van der Waals surface area contributed by atoms with Gasteiger partial charge in [0.15, 0.2) is 0 Å². The lowest BCUT2D eigenvalue weighted by Gasteiger charge is -2.07. The molecular weight excluding hydrogens is 262 g/mol. The number of benzene rings is 1. The van der Waals surface area contributed by atoms with Crippen molar-refractivity contribution >= 4 is 15.9 Å². The van der Waals surface area contributed by atoms with Gasteiger partial charge in [-0.15, -0.1) is 0 Å². The van der Waals surface area contributed by atoms with Crippen LogP contribution in [0.5, 0.6) is 0 Å². The molecule has 0 saturated heterocycles. The quantitative estimate of drug-likeness (QED) is 0.824. The zero-order valence-corrected chi connectivity index (χ0v) is 11.5. The topological polar surface area (TPSA) is 15.8 Å². The first-order chi connectivity index (χ1) is 7.61. The van der Waals surface area contributed by atoms with Gasteiger partial charge in [0.1, 0.15) is 0 Å². The van der Waals surface area contributed by atoms with Gasteiger partial charge >= 0.3 is 0 Å². The first kappa shape index (κ1) is 11.5. The predicted octanol–water partition coefficient (Wildman–Crippen LogP) is 4.62. The van der Waals surface area contributed by atoms with Gasteiger partial charge in [0.05, 0.1) is 4.60 Å². The van der Waals surface area contributed by atoms with Crippen LogP contribution >= 0.6 is 15.9 Å². The summed E-state index contributed by atoms with van der Waals surface area (Å²) in [6.45, 7) is 6.47. The molecule has 2 heteroatoms. The van der Waals surface area contributed by atoms with E-state index in [0.29, 0.717) is 0 Å². The summed E-state index contributed by atoms with van der Waals surface area (Å²) in [4.78, 5) is 3.40. The summed E-state index contributed by atoms with van der Waals surface area (Å²) in [5, 5.41) is 0. The van der Waals surface area contributed by atoms with Gasteiger partial charge in [-0.2, -0.15) is 0 Å². The smallest absolute Gasteiger partial charge is 0.0827 e. The molecule has 84 valence electrons. The van der Waals surface area contributed by atoms with Gasteiger partial charge in [-0.25, -0.2) is 0 Å². The molecule has 16 heavy (non-hydrogen) atoms. The molecule has 0 radical (unpaired) electrons. The Morgan fingerprint density at radius 1 is 1.19 bits per heavy atom. The van der Waals surface area contributed by atoms with Crippen LogP contribution in [0.4, 0.5) is 0 Å². The lowest BCUT2D eigenvalue weighted by molar-refractivity contribution is 1.14. The number of halogens is 1. The van der Waals surface area contributed by atoms with Crippen molar-refractivity contribution in [3.63, 3.8) is 0 Å². The predicted molar refractivity (Wildman–Crippen MR) is 72.8 cm³/mol. The van der Waals surface area contributed by atoms with E-state index in [1.807, 2.05) is 0 Å². The highest BCUT2D eigenvalue weighted by Crippen LogP contribution is 2.29. The summed E-state index contributed by atoms with van der Waals surface area (Å²) in [7, 11) is 0. The van der Waals surface area contributed by atoms with E-state index in [9.17, 15) is 0 Å². The maximum atomic E-state index is 3.51. The van der Waals surface area contributed by atoms with Gasteiger partial charge in [-0.3, -0.25) is 0 Å². The van der Waals surface area contributed by atoms with Gasteiger partial charge in [0.25, 0.3) is 0 Å². The van der Waals surface area contributed by atoms with Crippen LogP contribution in [0.2, 0.25) is 0 Å². The van der Waals surface area contributed by atoms with Crippen molar-refractivity contribution in [1.29, 1.82) is 0 Å². The minimum atomic E-state index is 1.05. The third-order valence-electron chi connectivity index (χ3n) is 2.91. The van der Waals surface area contributed by atoms with Crippen LogP contribution in [0.3, 0.4) is 0 Å². The number of hydrogen-bond acceptors (Lipinski definition) is 0. The van der Waals surface area contributed by atoms with Crippen molar-refractivity contribution < 1.29 is 0 Å². The molecule has 2 rings (SSSR count). The molecule has 0 spiro atoms. The Balaban J connectivity index is 2.61. The van der Waals surface area contributed by atoms with Gasteiger partial charge in [0.2, 0.25) is 0 Å². The van der Waals surface area contributed by atoms with E-state index in [-0.39, 0.29) is 0 Å². The molecule has 0 fully saturated rings. The number of aromatic nitrogens is 1. The van der Waals surface area contributed by atoms with Gasteiger partial charge in [-0.05, 0) is 59.5 Å². The number of H-pyrrole nitrogens is 1. The zero-order valence-electron chi connectivity index (χ0n) is 9.89. The van der Waals surface area contributed by atoms with Gasteiger partial charge in [-0.1, -0.05) is 24.6 Å². The Morgan fingerprint density at radius 2 is 1.94 bits per heavy atom. The minimum absolute atomic E-state index is 1.05. The van der Waals surface area contributed by atoms with E-state index in [0.717, 1.165) is 11.0 Å². The summed E-state index contributed by atoms with van der Waals surface area (Å²) in [5.41, 5.74) is 6.53. The Kier molecular flexibility index (Phi) is 3.20. The first-order valence-corrected chi connectivity index (χ1v) is 6.36. The standard InChI is InChI=1S/C14H16BrN/c1-4-11-8-13(15)16-14(11)12-7-9(2)5-6-10(12)3/h5-8,16H,4H2,1-3H3. The highest BCUT2D eigenvalue weighted by Gasteiger charge is 2.09. The zero-order chi connectivity index (χ0) is 11.7. The molecule has 0 saturated carbocycles. The molecule has 2 aromatic rings. The van der Waals surface area contributed by atoms with Crippen LogP contribution in [0, 0.1) is 13.8 Å². The van der Waals surface area contributed by atoms with Crippen molar-refractivity contribution in [3.8, 4) is 11.3 Å². The number of hydrogen-bond donors (Lipinski definition) is 1. The number of aromatic amines is 1. The minimum Gasteiger partial charge on any atom is -0.349 e. The SMILES string of the molecule is CCc1cc(Br)[nH]c1-c1cc(C)ccc1C. The summed E-state index contributed by atoms with van der Waals surface area (Å²) >= 11 is 3.51. The second-order valence-corrected chi connectivity index (χ2v) is 5.04. The maximum Gasteiger partial charge on any atom is 0.0827 e. The van der Waals surface area contributed by atoms with Crippen molar-refractivity contribution in [3.05, 3.63) is 45.6 Å². The van der Waals surface area contributed by atoms with E-state index in [4.69, 9.17) is 0 Å². The summed E-state index contributed by atoms with van der Waals surface area (Å²) in [5.74, 6) is 0. The molecule has 1 aromatic carbocycles. The maximum absolute atomic E-state index is 3.51. The van der Waals surface area contributed by atoms with E-state index < -0.39 is 0 Å². The molecule has 0 aliphatic rings. The van der Waals surface area contributed by atoms with Crippen molar-refractivity contribution in [1.82, 2.24) is 4.98 Å². The van der Waals surface area contributed by atoms with E-state index in [1.54, 1.807) is 0 Å². The van der Waals surface area contributed by atoms with E-state index in [1.165, 1.54) is 27.9 Å². The molecule has 0 amide bonds. The third-order valence-corrected chi connectivity index (χ3v) is 3.34. The van der Waals surface area contributed by atoms with E-state index >= 15 is 0 Å². The molecule has 0 aliphatic carbocycles. The summed E-state index contributed by atoms with van der Waals surface area (Å²) < 4.78 is 1.06. The first-order valence-electron chi connectivity index (χ1n) is 5.57. The average molecular weight is 278 g/mol. The van der Waals surface area contributed by atoms with Crippen LogP contribution < -0.4 is 0 Å². The van der Waals surface area contributed by atoms with Crippen LogP contribution in [-0.2, 0) is 6.42 Å². The Hall–Kier alpha value is -1.02. The molecule has 1 aromatic heterocycles. The lowest BCUT2D eigenvalue weighted by atomic mass is 10.00.